The Balaban J connectivity index is 2.01. The molecule has 1 heterocycles. The molecule has 1 aliphatic heterocycles. The van der Waals surface area contributed by atoms with E-state index in [2.05, 4.69) is 0 Å². The van der Waals surface area contributed by atoms with Crippen LogP contribution in [0.5, 0.6) is 0 Å². The van der Waals surface area contributed by atoms with Gasteiger partial charge in [0.05, 0.1) is 11.2 Å². The van der Waals surface area contributed by atoms with Crippen molar-refractivity contribution in [1.29, 1.82) is 0 Å². The molecule has 1 aliphatic rings. The maximum absolute atomic E-state index is 13.5. The zero-order valence-corrected chi connectivity index (χ0v) is 13.4. The number of nitrogens with one attached hydrogen (secondary N) is 2. The van der Waals surface area contributed by atoms with Crippen LogP contribution in [-0.2, 0) is 14.4 Å². The second kappa shape index (κ2) is 6.89. The Hall–Kier alpha value is -2.72. The summed E-state index contributed by atoms with van der Waals surface area (Å²) in [5.41, 5.74) is -1.91. The van der Waals surface area contributed by atoms with Crippen LogP contribution in [0, 0.1) is 11.6 Å². The summed E-state index contributed by atoms with van der Waals surface area (Å²) < 4.78 is 63.6. The Morgan fingerprint density at radius 2 is 1.85 bits per heavy atom. The van der Waals surface area contributed by atoms with Gasteiger partial charge in [0.15, 0.2) is 11.6 Å². The second-order valence-corrected chi connectivity index (χ2v) is 6.04. The number of alkyl halides is 3. The van der Waals surface area contributed by atoms with Crippen LogP contribution in [0.25, 0.3) is 0 Å². The van der Waals surface area contributed by atoms with E-state index < -0.39 is 46.8 Å². The van der Waals surface area contributed by atoms with Gasteiger partial charge < -0.3 is 15.5 Å². The van der Waals surface area contributed by atoms with Crippen molar-refractivity contribution in [3.63, 3.8) is 0 Å². The summed E-state index contributed by atoms with van der Waals surface area (Å²) in [4.78, 5) is 35.9. The topological polar surface area (TPSA) is 78.5 Å². The highest BCUT2D eigenvalue weighted by atomic mass is 19.4. The van der Waals surface area contributed by atoms with Crippen molar-refractivity contribution in [2.24, 2.45) is 0 Å². The first-order valence-electron chi connectivity index (χ1n) is 7.36. The number of nitrogens with zero attached hydrogens (tertiary/aromatic N) is 1. The van der Waals surface area contributed by atoms with Crippen molar-refractivity contribution in [3.05, 3.63) is 29.8 Å². The van der Waals surface area contributed by atoms with Crippen molar-refractivity contribution < 1.29 is 36.3 Å². The molecular formula is C15H14F5N3O3. The van der Waals surface area contributed by atoms with Gasteiger partial charge in [0.2, 0.25) is 0 Å². The van der Waals surface area contributed by atoms with Gasteiger partial charge in [0.25, 0.3) is 0 Å². The number of rotatable bonds is 2. The molecule has 3 amide bonds. The standard InChI is InChI=1S/C15H14F5N3O3/c1-14(22-13(26)15(18,19)20)5-6-23(7-14)12(25)11(24)21-9-4-2-3-8(16)10(9)17/h2-4H,5-7H2,1H3,(H,21,24)(H,22,26). The molecule has 0 aliphatic carbocycles. The van der Waals surface area contributed by atoms with Gasteiger partial charge in [-0.1, -0.05) is 6.07 Å². The van der Waals surface area contributed by atoms with Crippen LogP contribution in [0.1, 0.15) is 13.3 Å². The zero-order valence-electron chi connectivity index (χ0n) is 13.4. The fraction of sp³-hybridized carbons (Fsp3) is 0.400. The highest BCUT2D eigenvalue weighted by molar-refractivity contribution is 6.39. The Bertz CT molecular complexity index is 753. The molecule has 1 fully saturated rings. The average molecular weight is 379 g/mol. The van der Waals surface area contributed by atoms with Gasteiger partial charge in [-0.15, -0.1) is 0 Å². The first-order valence-corrected chi connectivity index (χ1v) is 7.36. The molecule has 0 bridgehead atoms. The molecule has 142 valence electrons. The molecule has 0 radical (unpaired) electrons. The van der Waals surface area contributed by atoms with E-state index in [4.69, 9.17) is 0 Å². The van der Waals surface area contributed by atoms with Crippen molar-refractivity contribution >= 4 is 23.4 Å². The van der Waals surface area contributed by atoms with Gasteiger partial charge in [-0.05, 0) is 25.5 Å². The van der Waals surface area contributed by atoms with Gasteiger partial charge in [0, 0.05) is 13.1 Å². The fourth-order valence-corrected chi connectivity index (χ4v) is 2.50. The van der Waals surface area contributed by atoms with Crippen LogP contribution in [0.3, 0.4) is 0 Å². The van der Waals surface area contributed by atoms with Crippen molar-refractivity contribution in [2.45, 2.75) is 25.1 Å². The fourth-order valence-electron chi connectivity index (χ4n) is 2.50. The van der Waals surface area contributed by atoms with Crippen LogP contribution in [-0.4, -0.2) is 47.4 Å². The Morgan fingerprint density at radius 3 is 2.46 bits per heavy atom. The van der Waals surface area contributed by atoms with E-state index in [0.29, 0.717) is 0 Å². The molecular weight excluding hydrogens is 365 g/mol. The highest BCUT2D eigenvalue weighted by Gasteiger charge is 2.45. The van der Waals surface area contributed by atoms with E-state index in [1.165, 1.54) is 6.92 Å². The third-order valence-corrected chi connectivity index (χ3v) is 3.83. The first-order chi connectivity index (χ1) is 11.9. The van der Waals surface area contributed by atoms with Gasteiger partial charge in [-0.25, -0.2) is 8.78 Å². The largest absolute Gasteiger partial charge is 0.471 e. The molecule has 1 saturated heterocycles. The van der Waals surface area contributed by atoms with E-state index in [1.54, 1.807) is 5.32 Å². The minimum absolute atomic E-state index is 0.0117. The van der Waals surface area contributed by atoms with E-state index in [-0.39, 0.29) is 19.5 Å². The lowest BCUT2D eigenvalue weighted by molar-refractivity contribution is -0.175. The Morgan fingerprint density at radius 1 is 1.19 bits per heavy atom. The van der Waals surface area contributed by atoms with Crippen molar-refractivity contribution in [3.8, 4) is 0 Å². The van der Waals surface area contributed by atoms with E-state index in [0.717, 1.165) is 23.1 Å². The minimum Gasteiger partial charge on any atom is -0.341 e. The number of carbonyl (C=O) groups is 3. The summed E-state index contributed by atoms with van der Waals surface area (Å²) >= 11 is 0. The van der Waals surface area contributed by atoms with Gasteiger partial charge in [-0.3, -0.25) is 14.4 Å². The summed E-state index contributed by atoms with van der Waals surface area (Å²) in [6, 6.07) is 2.99. The normalized spacial score (nSPS) is 20.0. The predicted molar refractivity (Wildman–Crippen MR) is 78.8 cm³/mol. The Kier molecular flexibility index (Phi) is 5.19. The Labute approximate surface area is 144 Å². The van der Waals surface area contributed by atoms with E-state index >= 15 is 0 Å². The number of benzene rings is 1. The minimum atomic E-state index is -5.08. The smallest absolute Gasteiger partial charge is 0.341 e. The van der Waals surface area contributed by atoms with E-state index in [1.807, 2.05) is 5.32 Å². The molecule has 1 aromatic rings. The summed E-state index contributed by atoms with van der Waals surface area (Å²) in [6.45, 7) is 0.868. The molecule has 11 heteroatoms. The number of halogens is 5. The third kappa shape index (κ3) is 4.27. The molecule has 2 N–H and O–H groups in total. The molecule has 6 nitrogen and oxygen atoms in total. The summed E-state index contributed by atoms with van der Waals surface area (Å²) in [6.07, 6.45) is -5.09. The summed E-state index contributed by atoms with van der Waals surface area (Å²) in [5.74, 6) is -7.14. The number of anilines is 1. The van der Waals surface area contributed by atoms with E-state index in [9.17, 15) is 36.3 Å². The maximum Gasteiger partial charge on any atom is 0.471 e. The zero-order chi connectivity index (χ0) is 19.7. The molecule has 26 heavy (non-hydrogen) atoms. The quantitative estimate of drug-likeness (QED) is 0.605. The van der Waals surface area contributed by atoms with Crippen LogP contribution in [0.15, 0.2) is 18.2 Å². The first kappa shape index (κ1) is 19.6. The average Bonchev–Trinajstić information content (AvgIpc) is 2.92. The molecule has 0 aromatic heterocycles. The number of hydrogen-bond donors (Lipinski definition) is 2. The molecule has 1 atom stereocenters. The number of amides is 3. The van der Waals surface area contributed by atoms with Crippen LogP contribution in [0.2, 0.25) is 0 Å². The highest BCUT2D eigenvalue weighted by Crippen LogP contribution is 2.24. The molecule has 0 spiro atoms. The molecule has 1 aromatic carbocycles. The van der Waals surface area contributed by atoms with Crippen LogP contribution >= 0.6 is 0 Å². The van der Waals surface area contributed by atoms with Crippen molar-refractivity contribution in [1.82, 2.24) is 10.2 Å². The predicted octanol–water partition coefficient (Wildman–Crippen LogP) is 1.57. The number of carbonyl (C=O) groups excluding carboxylic acids is 3. The van der Waals surface area contributed by atoms with Crippen LogP contribution in [0.4, 0.5) is 27.6 Å². The lowest BCUT2D eigenvalue weighted by Crippen LogP contribution is -2.53. The van der Waals surface area contributed by atoms with Crippen molar-refractivity contribution in [2.75, 3.05) is 18.4 Å². The van der Waals surface area contributed by atoms with Gasteiger partial charge in [0.1, 0.15) is 0 Å². The molecule has 0 saturated carbocycles. The maximum atomic E-state index is 13.5. The van der Waals surface area contributed by atoms with Crippen LogP contribution < -0.4 is 10.6 Å². The number of hydrogen-bond acceptors (Lipinski definition) is 3. The second-order valence-electron chi connectivity index (χ2n) is 6.04. The van der Waals surface area contributed by atoms with Gasteiger partial charge in [-0.2, -0.15) is 13.2 Å². The van der Waals surface area contributed by atoms with Gasteiger partial charge >= 0.3 is 23.9 Å². The SMILES string of the molecule is CC1(NC(=O)C(F)(F)F)CCN(C(=O)C(=O)Nc2cccc(F)c2F)C1. The third-order valence-electron chi connectivity index (χ3n) is 3.83. The summed E-state index contributed by atoms with van der Waals surface area (Å²) in [7, 11) is 0. The monoisotopic (exact) mass is 379 g/mol. The number of likely N-dealkylation sites (tertiary alicyclic amines) is 1. The lowest BCUT2D eigenvalue weighted by atomic mass is 10.0. The molecule has 2 rings (SSSR count). The summed E-state index contributed by atoms with van der Waals surface area (Å²) in [5, 5.41) is 3.69. The lowest BCUT2D eigenvalue weighted by Gasteiger charge is -2.26. The molecule has 1 unspecified atom stereocenters.